The van der Waals surface area contributed by atoms with Crippen molar-refractivity contribution in [3.8, 4) is 11.5 Å². The number of carbonyl (C=O) groups is 1. The van der Waals surface area contributed by atoms with E-state index in [2.05, 4.69) is 10.1 Å². The van der Waals surface area contributed by atoms with E-state index in [1.54, 1.807) is 13.0 Å². The zero-order chi connectivity index (χ0) is 12.1. The fraction of sp³-hybridized carbons (Fsp3) is 0.364. The highest BCUT2D eigenvalue weighted by molar-refractivity contribution is 5.71. The SMILES string of the molecule is COC(=O)CNC(C)c1ccc(O)cc1O. The highest BCUT2D eigenvalue weighted by atomic mass is 16.5. The molecule has 0 aliphatic carbocycles. The fourth-order valence-corrected chi connectivity index (χ4v) is 1.32. The summed E-state index contributed by atoms with van der Waals surface area (Å²) in [6.45, 7) is 1.87. The summed E-state index contributed by atoms with van der Waals surface area (Å²) < 4.78 is 4.48. The highest BCUT2D eigenvalue weighted by Gasteiger charge is 2.11. The molecule has 0 aliphatic rings. The summed E-state index contributed by atoms with van der Waals surface area (Å²) in [7, 11) is 1.31. The summed E-state index contributed by atoms with van der Waals surface area (Å²) in [6.07, 6.45) is 0. The van der Waals surface area contributed by atoms with Gasteiger partial charge in [0.05, 0.1) is 13.7 Å². The monoisotopic (exact) mass is 225 g/mol. The lowest BCUT2D eigenvalue weighted by Gasteiger charge is -2.14. The maximum atomic E-state index is 10.9. The predicted octanol–water partition coefficient (Wildman–Crippen LogP) is 0.921. The van der Waals surface area contributed by atoms with Crippen LogP contribution >= 0.6 is 0 Å². The van der Waals surface area contributed by atoms with Gasteiger partial charge in [-0.25, -0.2) is 0 Å². The molecule has 1 atom stereocenters. The Morgan fingerprint density at radius 2 is 2.19 bits per heavy atom. The third-order valence-electron chi connectivity index (χ3n) is 2.26. The summed E-state index contributed by atoms with van der Waals surface area (Å²) >= 11 is 0. The fourth-order valence-electron chi connectivity index (χ4n) is 1.32. The molecule has 0 amide bonds. The van der Waals surface area contributed by atoms with Crippen LogP contribution in [0, 0.1) is 0 Å². The van der Waals surface area contributed by atoms with Gasteiger partial charge in [-0.15, -0.1) is 0 Å². The maximum absolute atomic E-state index is 10.9. The molecule has 16 heavy (non-hydrogen) atoms. The van der Waals surface area contributed by atoms with Crippen LogP contribution in [0.2, 0.25) is 0 Å². The van der Waals surface area contributed by atoms with Crippen LogP contribution in [0.25, 0.3) is 0 Å². The van der Waals surface area contributed by atoms with Crippen molar-refractivity contribution in [3.63, 3.8) is 0 Å². The van der Waals surface area contributed by atoms with Crippen LogP contribution in [-0.2, 0) is 9.53 Å². The standard InChI is InChI=1S/C11H15NO4/c1-7(12-6-11(15)16-2)9-4-3-8(13)5-10(9)14/h3-5,7,12-14H,6H2,1-2H3. The van der Waals surface area contributed by atoms with Crippen LogP contribution in [0.5, 0.6) is 11.5 Å². The van der Waals surface area contributed by atoms with Crippen LogP contribution in [0.1, 0.15) is 18.5 Å². The first kappa shape index (κ1) is 12.3. The van der Waals surface area contributed by atoms with Crippen LogP contribution in [0.3, 0.4) is 0 Å². The van der Waals surface area contributed by atoms with Gasteiger partial charge in [-0.1, -0.05) is 6.07 Å². The second-order valence-electron chi connectivity index (χ2n) is 3.42. The van der Waals surface area contributed by atoms with Crippen molar-refractivity contribution >= 4 is 5.97 Å². The van der Waals surface area contributed by atoms with E-state index in [1.807, 2.05) is 0 Å². The number of methoxy groups -OCH3 is 1. The van der Waals surface area contributed by atoms with E-state index in [0.717, 1.165) is 0 Å². The highest BCUT2D eigenvalue weighted by Crippen LogP contribution is 2.27. The average Bonchev–Trinajstić information content (AvgIpc) is 2.25. The Bertz CT molecular complexity index is 378. The maximum Gasteiger partial charge on any atom is 0.319 e. The number of carbonyl (C=O) groups excluding carboxylic acids is 1. The largest absolute Gasteiger partial charge is 0.508 e. The minimum atomic E-state index is -0.370. The van der Waals surface area contributed by atoms with Gasteiger partial charge in [-0.2, -0.15) is 0 Å². The van der Waals surface area contributed by atoms with Crippen molar-refractivity contribution in [2.24, 2.45) is 0 Å². The minimum absolute atomic E-state index is 0.00131. The molecule has 0 radical (unpaired) electrons. The van der Waals surface area contributed by atoms with Crippen molar-refractivity contribution in [2.75, 3.05) is 13.7 Å². The molecule has 0 saturated carbocycles. The van der Waals surface area contributed by atoms with E-state index in [0.29, 0.717) is 5.56 Å². The molecular weight excluding hydrogens is 210 g/mol. The molecule has 3 N–H and O–H groups in total. The number of phenolic OH excluding ortho intramolecular Hbond substituents is 2. The lowest BCUT2D eigenvalue weighted by Crippen LogP contribution is -2.26. The number of phenols is 2. The number of benzene rings is 1. The summed E-state index contributed by atoms with van der Waals surface area (Å²) in [4.78, 5) is 10.9. The van der Waals surface area contributed by atoms with Gasteiger partial charge < -0.3 is 20.3 Å². The lowest BCUT2D eigenvalue weighted by molar-refractivity contribution is -0.139. The smallest absolute Gasteiger partial charge is 0.319 e. The van der Waals surface area contributed by atoms with Crippen LogP contribution in [0.15, 0.2) is 18.2 Å². The van der Waals surface area contributed by atoms with E-state index in [-0.39, 0.29) is 30.1 Å². The first-order chi connectivity index (χ1) is 7.54. The van der Waals surface area contributed by atoms with Crippen LogP contribution in [-0.4, -0.2) is 29.8 Å². The summed E-state index contributed by atoms with van der Waals surface area (Å²) in [5, 5.41) is 21.6. The minimum Gasteiger partial charge on any atom is -0.508 e. The summed E-state index contributed by atoms with van der Waals surface area (Å²) in [5.74, 6) is -0.378. The molecule has 1 unspecified atom stereocenters. The average molecular weight is 225 g/mol. The van der Waals surface area contributed by atoms with E-state index in [9.17, 15) is 9.90 Å². The number of nitrogens with one attached hydrogen (secondary N) is 1. The molecule has 0 heterocycles. The van der Waals surface area contributed by atoms with Crippen molar-refractivity contribution in [1.82, 2.24) is 5.32 Å². The summed E-state index contributed by atoms with van der Waals surface area (Å²) in [5.41, 5.74) is 0.613. The van der Waals surface area contributed by atoms with Gasteiger partial charge in [0.1, 0.15) is 11.5 Å². The zero-order valence-corrected chi connectivity index (χ0v) is 9.23. The first-order valence-electron chi connectivity index (χ1n) is 4.86. The Morgan fingerprint density at radius 1 is 1.50 bits per heavy atom. The molecule has 0 aromatic heterocycles. The van der Waals surface area contributed by atoms with Crippen molar-refractivity contribution in [2.45, 2.75) is 13.0 Å². The van der Waals surface area contributed by atoms with Crippen molar-refractivity contribution in [3.05, 3.63) is 23.8 Å². The number of esters is 1. The Kier molecular flexibility index (Phi) is 4.13. The molecule has 0 fully saturated rings. The normalized spacial score (nSPS) is 12.1. The van der Waals surface area contributed by atoms with Gasteiger partial charge in [-0.05, 0) is 13.0 Å². The number of hydrogen-bond donors (Lipinski definition) is 3. The van der Waals surface area contributed by atoms with Gasteiger partial charge in [-0.3, -0.25) is 4.79 Å². The molecule has 5 heteroatoms. The quantitative estimate of drug-likeness (QED) is 0.664. The lowest BCUT2D eigenvalue weighted by atomic mass is 10.1. The molecule has 1 rings (SSSR count). The predicted molar refractivity (Wildman–Crippen MR) is 58.2 cm³/mol. The van der Waals surface area contributed by atoms with E-state index >= 15 is 0 Å². The topological polar surface area (TPSA) is 78.8 Å². The molecule has 5 nitrogen and oxygen atoms in total. The van der Waals surface area contributed by atoms with Crippen LogP contribution in [0.4, 0.5) is 0 Å². The van der Waals surface area contributed by atoms with Gasteiger partial charge in [0.25, 0.3) is 0 Å². The number of aromatic hydroxyl groups is 2. The Labute approximate surface area is 93.7 Å². The number of rotatable bonds is 4. The zero-order valence-electron chi connectivity index (χ0n) is 9.23. The molecule has 88 valence electrons. The molecular formula is C11H15NO4. The molecule has 0 aliphatic heterocycles. The molecule has 1 aromatic rings. The van der Waals surface area contributed by atoms with E-state index in [1.165, 1.54) is 19.2 Å². The van der Waals surface area contributed by atoms with E-state index < -0.39 is 0 Å². The Balaban J connectivity index is 2.65. The summed E-state index contributed by atoms with van der Waals surface area (Å²) in [6, 6.07) is 4.12. The number of hydrogen-bond acceptors (Lipinski definition) is 5. The van der Waals surface area contributed by atoms with Crippen molar-refractivity contribution < 1.29 is 19.7 Å². The Morgan fingerprint density at radius 3 is 2.75 bits per heavy atom. The van der Waals surface area contributed by atoms with Crippen molar-refractivity contribution in [1.29, 1.82) is 0 Å². The number of ether oxygens (including phenoxy) is 1. The van der Waals surface area contributed by atoms with Gasteiger partial charge in [0.2, 0.25) is 0 Å². The second-order valence-corrected chi connectivity index (χ2v) is 3.42. The second kappa shape index (κ2) is 5.37. The Hall–Kier alpha value is -1.75. The molecule has 0 spiro atoms. The molecule has 1 aromatic carbocycles. The van der Waals surface area contributed by atoms with Gasteiger partial charge in [0, 0.05) is 17.7 Å². The molecule has 0 saturated heterocycles. The van der Waals surface area contributed by atoms with Gasteiger partial charge >= 0.3 is 5.97 Å². The van der Waals surface area contributed by atoms with Crippen LogP contribution < -0.4 is 5.32 Å². The van der Waals surface area contributed by atoms with Gasteiger partial charge in [0.15, 0.2) is 0 Å². The third-order valence-corrected chi connectivity index (χ3v) is 2.26. The van der Waals surface area contributed by atoms with E-state index in [4.69, 9.17) is 5.11 Å². The first-order valence-corrected chi connectivity index (χ1v) is 4.86. The third kappa shape index (κ3) is 3.13. The molecule has 0 bridgehead atoms.